The van der Waals surface area contributed by atoms with Gasteiger partial charge in [-0.05, 0) is 39.8 Å². The Balaban J connectivity index is 2.44. The Morgan fingerprint density at radius 1 is 1.50 bits per heavy atom. The minimum atomic E-state index is -0.360. The lowest BCUT2D eigenvalue weighted by atomic mass is 9.90. The van der Waals surface area contributed by atoms with E-state index in [2.05, 4.69) is 17.6 Å². The predicted octanol–water partition coefficient (Wildman–Crippen LogP) is 0.280. The van der Waals surface area contributed by atoms with Gasteiger partial charge in [0.1, 0.15) is 6.10 Å². The van der Waals surface area contributed by atoms with Crippen LogP contribution in [0.15, 0.2) is 0 Å². The van der Waals surface area contributed by atoms with Gasteiger partial charge in [-0.25, -0.2) is 0 Å². The first kappa shape index (κ1) is 11.5. The summed E-state index contributed by atoms with van der Waals surface area (Å²) in [5, 5.41) is 6.32. The molecule has 82 valence electrons. The molecular formula is C10H20N2O2. The SMILES string of the molecule is COC(C)C(=O)NC1(C)CCNCC1. The number of hydrogen-bond donors (Lipinski definition) is 2. The van der Waals surface area contributed by atoms with Crippen LogP contribution in [0.5, 0.6) is 0 Å². The van der Waals surface area contributed by atoms with Gasteiger partial charge in [-0.15, -0.1) is 0 Å². The normalized spacial score (nSPS) is 22.8. The lowest BCUT2D eigenvalue weighted by Crippen LogP contribution is -2.54. The van der Waals surface area contributed by atoms with Crippen molar-refractivity contribution in [3.8, 4) is 0 Å². The fourth-order valence-corrected chi connectivity index (χ4v) is 1.61. The molecule has 1 atom stereocenters. The van der Waals surface area contributed by atoms with Gasteiger partial charge < -0.3 is 15.4 Å². The molecular weight excluding hydrogens is 180 g/mol. The maximum Gasteiger partial charge on any atom is 0.249 e. The highest BCUT2D eigenvalue weighted by molar-refractivity contribution is 5.81. The minimum absolute atomic E-state index is 0.0168. The summed E-state index contributed by atoms with van der Waals surface area (Å²) < 4.78 is 4.97. The van der Waals surface area contributed by atoms with Crippen LogP contribution in [-0.2, 0) is 9.53 Å². The molecule has 2 N–H and O–H groups in total. The lowest BCUT2D eigenvalue weighted by Gasteiger charge is -2.35. The summed E-state index contributed by atoms with van der Waals surface area (Å²) in [6.45, 7) is 5.80. The van der Waals surface area contributed by atoms with Crippen molar-refractivity contribution < 1.29 is 9.53 Å². The molecule has 1 unspecified atom stereocenters. The van der Waals surface area contributed by atoms with E-state index < -0.39 is 0 Å². The van der Waals surface area contributed by atoms with Gasteiger partial charge in [-0.2, -0.15) is 0 Å². The summed E-state index contributed by atoms with van der Waals surface area (Å²) in [6, 6.07) is 0. The number of ether oxygens (including phenoxy) is 1. The molecule has 0 aromatic rings. The molecule has 4 nitrogen and oxygen atoms in total. The molecule has 1 saturated heterocycles. The summed E-state index contributed by atoms with van der Waals surface area (Å²) in [6.07, 6.45) is 1.60. The monoisotopic (exact) mass is 200 g/mol. The van der Waals surface area contributed by atoms with Gasteiger partial charge in [0, 0.05) is 12.6 Å². The zero-order chi connectivity index (χ0) is 10.6. The standard InChI is InChI=1S/C10H20N2O2/c1-8(14-3)9(13)12-10(2)4-6-11-7-5-10/h8,11H,4-7H2,1-3H3,(H,12,13). The molecule has 0 radical (unpaired) electrons. The number of carbonyl (C=O) groups is 1. The fourth-order valence-electron chi connectivity index (χ4n) is 1.61. The van der Waals surface area contributed by atoms with Crippen LogP contribution in [0.25, 0.3) is 0 Å². The second kappa shape index (κ2) is 4.75. The Labute approximate surface area is 85.4 Å². The molecule has 4 heteroatoms. The average molecular weight is 200 g/mol. The molecule has 0 aromatic heterocycles. The van der Waals surface area contributed by atoms with Crippen LogP contribution >= 0.6 is 0 Å². The second-order valence-corrected chi connectivity index (χ2v) is 4.18. The van der Waals surface area contributed by atoms with Crippen LogP contribution in [-0.4, -0.2) is 37.7 Å². The number of methoxy groups -OCH3 is 1. The van der Waals surface area contributed by atoms with Gasteiger partial charge >= 0.3 is 0 Å². The number of amides is 1. The topological polar surface area (TPSA) is 50.4 Å². The van der Waals surface area contributed by atoms with E-state index in [1.54, 1.807) is 14.0 Å². The Morgan fingerprint density at radius 2 is 2.07 bits per heavy atom. The smallest absolute Gasteiger partial charge is 0.249 e. The Hall–Kier alpha value is -0.610. The highest BCUT2D eigenvalue weighted by atomic mass is 16.5. The number of rotatable bonds is 3. The van der Waals surface area contributed by atoms with Crippen molar-refractivity contribution in [3.63, 3.8) is 0 Å². The zero-order valence-electron chi connectivity index (χ0n) is 9.22. The van der Waals surface area contributed by atoms with Crippen molar-refractivity contribution in [2.45, 2.75) is 38.3 Å². The molecule has 0 spiro atoms. The minimum Gasteiger partial charge on any atom is -0.372 e. The first-order valence-corrected chi connectivity index (χ1v) is 5.13. The first-order chi connectivity index (χ1) is 6.57. The van der Waals surface area contributed by atoms with E-state index in [-0.39, 0.29) is 17.6 Å². The number of carbonyl (C=O) groups excluding carboxylic acids is 1. The van der Waals surface area contributed by atoms with E-state index in [1.165, 1.54) is 0 Å². The highest BCUT2D eigenvalue weighted by Gasteiger charge is 2.29. The molecule has 0 saturated carbocycles. The van der Waals surface area contributed by atoms with Gasteiger partial charge in [0.2, 0.25) is 5.91 Å². The summed E-state index contributed by atoms with van der Waals surface area (Å²) in [4.78, 5) is 11.6. The van der Waals surface area contributed by atoms with Gasteiger partial charge in [0.15, 0.2) is 0 Å². The Bertz CT molecular complexity index is 200. The van der Waals surface area contributed by atoms with E-state index in [0.29, 0.717) is 0 Å². The first-order valence-electron chi connectivity index (χ1n) is 5.13. The quantitative estimate of drug-likeness (QED) is 0.688. The lowest BCUT2D eigenvalue weighted by molar-refractivity contribution is -0.132. The predicted molar refractivity (Wildman–Crippen MR) is 55.1 cm³/mol. The summed E-state index contributed by atoms with van der Waals surface area (Å²) in [5.74, 6) is -0.0168. The van der Waals surface area contributed by atoms with E-state index in [9.17, 15) is 4.79 Å². The molecule has 1 rings (SSSR count). The van der Waals surface area contributed by atoms with Gasteiger partial charge in [0.25, 0.3) is 0 Å². The van der Waals surface area contributed by atoms with Crippen molar-refractivity contribution in [1.82, 2.24) is 10.6 Å². The van der Waals surface area contributed by atoms with Crippen molar-refractivity contribution in [3.05, 3.63) is 0 Å². The van der Waals surface area contributed by atoms with Crippen LogP contribution in [0.2, 0.25) is 0 Å². The summed E-state index contributed by atoms with van der Waals surface area (Å²) in [7, 11) is 1.55. The maximum absolute atomic E-state index is 11.6. The Morgan fingerprint density at radius 3 is 2.57 bits per heavy atom. The fraction of sp³-hybridized carbons (Fsp3) is 0.900. The molecule has 0 aliphatic carbocycles. The third-order valence-electron chi connectivity index (χ3n) is 2.85. The molecule has 14 heavy (non-hydrogen) atoms. The van der Waals surface area contributed by atoms with Crippen LogP contribution in [0.3, 0.4) is 0 Å². The molecule has 1 heterocycles. The van der Waals surface area contributed by atoms with Gasteiger partial charge in [-0.3, -0.25) is 4.79 Å². The van der Waals surface area contributed by atoms with Gasteiger partial charge in [0.05, 0.1) is 0 Å². The van der Waals surface area contributed by atoms with Crippen molar-refractivity contribution in [2.75, 3.05) is 20.2 Å². The van der Waals surface area contributed by atoms with Crippen molar-refractivity contribution >= 4 is 5.91 Å². The third kappa shape index (κ3) is 2.96. The van der Waals surface area contributed by atoms with Crippen molar-refractivity contribution in [2.24, 2.45) is 0 Å². The number of piperidine rings is 1. The largest absolute Gasteiger partial charge is 0.372 e. The highest BCUT2D eigenvalue weighted by Crippen LogP contribution is 2.17. The molecule has 1 amide bonds. The second-order valence-electron chi connectivity index (χ2n) is 4.18. The van der Waals surface area contributed by atoms with Crippen molar-refractivity contribution in [1.29, 1.82) is 0 Å². The molecule has 1 fully saturated rings. The van der Waals surface area contributed by atoms with Gasteiger partial charge in [-0.1, -0.05) is 0 Å². The molecule has 0 aromatic carbocycles. The average Bonchev–Trinajstić information content (AvgIpc) is 2.17. The molecule has 1 aliphatic heterocycles. The maximum atomic E-state index is 11.6. The third-order valence-corrected chi connectivity index (χ3v) is 2.85. The summed E-state index contributed by atoms with van der Waals surface area (Å²) >= 11 is 0. The Kier molecular flexibility index (Phi) is 3.89. The van der Waals surface area contributed by atoms with E-state index in [4.69, 9.17) is 4.74 Å². The van der Waals surface area contributed by atoms with Crippen LogP contribution in [0, 0.1) is 0 Å². The molecule has 1 aliphatic rings. The van der Waals surface area contributed by atoms with E-state index in [0.717, 1.165) is 25.9 Å². The molecule has 0 bridgehead atoms. The number of nitrogens with one attached hydrogen (secondary N) is 2. The zero-order valence-corrected chi connectivity index (χ0v) is 9.22. The van der Waals surface area contributed by atoms with E-state index >= 15 is 0 Å². The number of hydrogen-bond acceptors (Lipinski definition) is 3. The van der Waals surface area contributed by atoms with Crippen LogP contribution in [0.4, 0.5) is 0 Å². The summed E-state index contributed by atoms with van der Waals surface area (Å²) in [5.41, 5.74) is -0.0604. The van der Waals surface area contributed by atoms with Crippen LogP contribution < -0.4 is 10.6 Å². The van der Waals surface area contributed by atoms with Crippen LogP contribution in [0.1, 0.15) is 26.7 Å². The van der Waals surface area contributed by atoms with E-state index in [1.807, 2.05) is 0 Å².